The molecular formula is C21H19N3O5. The van der Waals surface area contributed by atoms with Crippen molar-refractivity contribution in [1.82, 2.24) is 4.98 Å². The number of aryl methyl sites for hydroxylation is 2. The number of rotatable bonds is 7. The predicted octanol–water partition coefficient (Wildman–Crippen LogP) is 3.57. The van der Waals surface area contributed by atoms with Crippen molar-refractivity contribution < 1.29 is 19.2 Å². The Kier molecular flexibility index (Phi) is 6.13. The number of nitrogens with zero attached hydrogens (tertiary/aromatic N) is 2. The Labute approximate surface area is 166 Å². The molecule has 0 aliphatic heterocycles. The number of pyridine rings is 1. The first-order valence-electron chi connectivity index (χ1n) is 8.97. The molecular weight excluding hydrogens is 374 g/mol. The number of nitro groups is 1. The second kappa shape index (κ2) is 8.92. The van der Waals surface area contributed by atoms with Gasteiger partial charge in [0, 0.05) is 35.3 Å². The van der Waals surface area contributed by atoms with Gasteiger partial charge in [0.1, 0.15) is 0 Å². The first kappa shape index (κ1) is 19.9. The summed E-state index contributed by atoms with van der Waals surface area (Å²) in [6.07, 6.45) is 0.516. The van der Waals surface area contributed by atoms with E-state index in [2.05, 4.69) is 10.3 Å². The average molecular weight is 393 g/mol. The van der Waals surface area contributed by atoms with Gasteiger partial charge in [-0.05, 0) is 30.7 Å². The minimum Gasteiger partial charge on any atom is -0.456 e. The van der Waals surface area contributed by atoms with Gasteiger partial charge < -0.3 is 10.1 Å². The number of carbonyl (C=O) groups is 2. The predicted molar refractivity (Wildman–Crippen MR) is 107 cm³/mol. The molecule has 0 aliphatic carbocycles. The summed E-state index contributed by atoms with van der Waals surface area (Å²) in [5.74, 6) is -1.02. The third-order valence-electron chi connectivity index (χ3n) is 4.30. The number of carbonyl (C=O) groups excluding carboxylic acids is 2. The zero-order valence-electron chi connectivity index (χ0n) is 15.8. The van der Waals surface area contributed by atoms with Crippen molar-refractivity contribution in [1.29, 1.82) is 0 Å². The molecule has 0 atom stereocenters. The van der Waals surface area contributed by atoms with Crippen LogP contribution in [0.25, 0.3) is 10.9 Å². The Bertz CT molecular complexity index is 1080. The molecule has 1 heterocycles. The lowest BCUT2D eigenvalue weighted by atomic mass is 10.1. The van der Waals surface area contributed by atoms with Crippen molar-refractivity contribution in [2.45, 2.75) is 19.8 Å². The number of para-hydroxylation sites is 1. The van der Waals surface area contributed by atoms with Crippen molar-refractivity contribution in [2.24, 2.45) is 0 Å². The lowest BCUT2D eigenvalue weighted by Crippen LogP contribution is -2.21. The quantitative estimate of drug-likeness (QED) is 0.373. The Balaban J connectivity index is 1.47. The molecule has 0 radical (unpaired) electrons. The molecule has 2 aromatic carbocycles. The number of anilines is 1. The first-order chi connectivity index (χ1) is 13.9. The molecule has 1 N–H and O–H groups in total. The molecule has 0 bridgehead atoms. The lowest BCUT2D eigenvalue weighted by Gasteiger charge is -2.09. The van der Waals surface area contributed by atoms with Crippen LogP contribution in [0.2, 0.25) is 0 Å². The minimum absolute atomic E-state index is 0.0609. The summed E-state index contributed by atoms with van der Waals surface area (Å²) in [5, 5.41) is 14.3. The Hall–Kier alpha value is -3.81. The van der Waals surface area contributed by atoms with Crippen LogP contribution < -0.4 is 5.32 Å². The van der Waals surface area contributed by atoms with Gasteiger partial charge in [-0.25, -0.2) is 0 Å². The maximum Gasteiger partial charge on any atom is 0.306 e. The van der Waals surface area contributed by atoms with Gasteiger partial charge in [-0.3, -0.25) is 24.7 Å². The van der Waals surface area contributed by atoms with E-state index in [1.807, 2.05) is 36.4 Å². The number of fused-ring (bicyclic) bond motifs is 1. The molecule has 0 aliphatic rings. The van der Waals surface area contributed by atoms with Gasteiger partial charge in [0.2, 0.25) is 0 Å². The molecule has 3 rings (SSSR count). The fourth-order valence-corrected chi connectivity index (χ4v) is 2.78. The van der Waals surface area contributed by atoms with E-state index in [-0.39, 0.29) is 12.1 Å². The van der Waals surface area contributed by atoms with Crippen molar-refractivity contribution in [3.05, 3.63) is 76.0 Å². The Morgan fingerprint density at radius 2 is 1.93 bits per heavy atom. The van der Waals surface area contributed by atoms with Crippen LogP contribution in [0.1, 0.15) is 17.7 Å². The minimum atomic E-state index is -0.515. The number of esters is 1. The van der Waals surface area contributed by atoms with Gasteiger partial charge in [-0.2, -0.15) is 0 Å². The van der Waals surface area contributed by atoms with E-state index in [0.29, 0.717) is 17.7 Å². The van der Waals surface area contributed by atoms with Gasteiger partial charge in [0.15, 0.2) is 6.61 Å². The fourth-order valence-electron chi connectivity index (χ4n) is 2.78. The number of hydrogen-bond donors (Lipinski definition) is 1. The summed E-state index contributed by atoms with van der Waals surface area (Å²) >= 11 is 0. The van der Waals surface area contributed by atoms with E-state index in [1.54, 1.807) is 6.92 Å². The SMILES string of the molecule is Cc1cc([N+](=O)[O-])ccc1NC(=O)COC(=O)CCc1ccc2ccccc2n1. The van der Waals surface area contributed by atoms with Gasteiger partial charge >= 0.3 is 5.97 Å². The standard InChI is InChI=1S/C21H19N3O5/c1-14-12-17(24(27)28)9-10-18(14)23-20(25)13-29-21(26)11-8-16-7-6-15-4-2-3-5-19(15)22-16/h2-7,9-10,12H,8,11,13H2,1H3,(H,23,25). The molecule has 8 heteroatoms. The monoisotopic (exact) mass is 393 g/mol. The lowest BCUT2D eigenvalue weighted by molar-refractivity contribution is -0.384. The Morgan fingerprint density at radius 1 is 1.14 bits per heavy atom. The first-order valence-corrected chi connectivity index (χ1v) is 8.97. The van der Waals surface area contributed by atoms with Gasteiger partial charge in [0.05, 0.1) is 16.9 Å². The topological polar surface area (TPSA) is 111 Å². The molecule has 148 valence electrons. The normalized spacial score (nSPS) is 10.5. The highest BCUT2D eigenvalue weighted by Crippen LogP contribution is 2.21. The highest BCUT2D eigenvalue weighted by molar-refractivity contribution is 5.93. The summed E-state index contributed by atoms with van der Waals surface area (Å²) in [6, 6.07) is 15.6. The highest BCUT2D eigenvalue weighted by atomic mass is 16.6. The maximum absolute atomic E-state index is 12.0. The zero-order valence-corrected chi connectivity index (χ0v) is 15.8. The summed E-state index contributed by atoms with van der Waals surface area (Å²) in [7, 11) is 0. The second-order valence-electron chi connectivity index (χ2n) is 6.46. The van der Waals surface area contributed by atoms with Crippen molar-refractivity contribution >= 4 is 34.2 Å². The molecule has 0 fully saturated rings. The van der Waals surface area contributed by atoms with E-state index in [1.165, 1.54) is 18.2 Å². The van der Waals surface area contributed by atoms with Crippen molar-refractivity contribution in [3.63, 3.8) is 0 Å². The second-order valence-corrected chi connectivity index (χ2v) is 6.46. The van der Waals surface area contributed by atoms with E-state index >= 15 is 0 Å². The van der Waals surface area contributed by atoms with Crippen LogP contribution in [-0.2, 0) is 20.7 Å². The fraction of sp³-hybridized carbons (Fsp3) is 0.190. The molecule has 0 saturated heterocycles. The average Bonchev–Trinajstić information content (AvgIpc) is 2.72. The summed E-state index contributed by atoms with van der Waals surface area (Å²) in [4.78, 5) is 38.6. The van der Waals surface area contributed by atoms with Gasteiger partial charge in [-0.15, -0.1) is 0 Å². The molecule has 1 aromatic heterocycles. The van der Waals surface area contributed by atoms with Crippen LogP contribution in [0.5, 0.6) is 0 Å². The van der Waals surface area contributed by atoms with Crippen LogP contribution >= 0.6 is 0 Å². The number of benzene rings is 2. The van der Waals surface area contributed by atoms with Crippen LogP contribution in [0.15, 0.2) is 54.6 Å². The molecule has 1 amide bonds. The third-order valence-corrected chi connectivity index (χ3v) is 4.30. The molecule has 0 spiro atoms. The summed E-state index contributed by atoms with van der Waals surface area (Å²) in [5.41, 5.74) is 2.54. The van der Waals surface area contributed by atoms with Gasteiger partial charge in [0.25, 0.3) is 11.6 Å². The largest absolute Gasteiger partial charge is 0.456 e. The molecule has 0 saturated carbocycles. The van der Waals surface area contributed by atoms with E-state index in [4.69, 9.17) is 4.74 Å². The Morgan fingerprint density at radius 3 is 2.69 bits per heavy atom. The molecule has 8 nitrogen and oxygen atoms in total. The van der Waals surface area contributed by atoms with Crippen LogP contribution in [0.3, 0.4) is 0 Å². The number of hydrogen-bond acceptors (Lipinski definition) is 6. The number of amides is 1. The highest BCUT2D eigenvalue weighted by Gasteiger charge is 2.12. The number of aromatic nitrogens is 1. The number of nitrogens with one attached hydrogen (secondary N) is 1. The number of nitro benzene ring substituents is 1. The third kappa shape index (κ3) is 5.35. The zero-order chi connectivity index (χ0) is 20.8. The van der Waals surface area contributed by atoms with Crippen LogP contribution in [0.4, 0.5) is 11.4 Å². The van der Waals surface area contributed by atoms with Gasteiger partial charge in [-0.1, -0.05) is 24.3 Å². The van der Waals surface area contributed by atoms with E-state index in [0.717, 1.165) is 16.6 Å². The molecule has 3 aromatic rings. The van der Waals surface area contributed by atoms with Crippen LogP contribution in [0, 0.1) is 17.0 Å². The van der Waals surface area contributed by atoms with E-state index < -0.39 is 23.4 Å². The number of ether oxygens (including phenoxy) is 1. The molecule has 29 heavy (non-hydrogen) atoms. The summed E-state index contributed by atoms with van der Waals surface area (Å²) in [6.45, 7) is 1.21. The van der Waals surface area contributed by atoms with Crippen molar-refractivity contribution in [2.75, 3.05) is 11.9 Å². The van der Waals surface area contributed by atoms with E-state index in [9.17, 15) is 19.7 Å². The van der Waals surface area contributed by atoms with Crippen LogP contribution in [-0.4, -0.2) is 28.4 Å². The molecule has 0 unspecified atom stereocenters. The van der Waals surface area contributed by atoms with Crippen molar-refractivity contribution in [3.8, 4) is 0 Å². The smallest absolute Gasteiger partial charge is 0.306 e. The summed E-state index contributed by atoms with van der Waals surface area (Å²) < 4.78 is 5.00. The maximum atomic E-state index is 12.0. The number of non-ortho nitro benzene ring substituents is 1.